The summed E-state index contributed by atoms with van der Waals surface area (Å²) in [5.41, 5.74) is 2.58. The van der Waals surface area contributed by atoms with Crippen LogP contribution < -0.4 is 5.32 Å². The molecule has 3 aliphatic rings. The summed E-state index contributed by atoms with van der Waals surface area (Å²) in [6.45, 7) is 5.09. The molecule has 1 aliphatic carbocycles. The number of likely N-dealkylation sites (tertiary alicyclic amines) is 1. The van der Waals surface area contributed by atoms with Crippen molar-refractivity contribution in [3.63, 3.8) is 0 Å². The van der Waals surface area contributed by atoms with Crippen LogP contribution in [0.15, 0.2) is 30.3 Å². The summed E-state index contributed by atoms with van der Waals surface area (Å²) in [7, 11) is 0. The maximum atomic E-state index is 3.55. The second-order valence-corrected chi connectivity index (χ2v) is 7.84. The normalized spacial score (nSPS) is 28.0. The largest absolute Gasteiger partial charge is 0.317 e. The van der Waals surface area contributed by atoms with Crippen molar-refractivity contribution in [3.8, 4) is 0 Å². The molecular weight excluding hydrogens is 268 g/mol. The quantitative estimate of drug-likeness (QED) is 0.890. The molecule has 2 saturated heterocycles. The zero-order chi connectivity index (χ0) is 14.9. The summed E-state index contributed by atoms with van der Waals surface area (Å²) < 4.78 is 0. The van der Waals surface area contributed by atoms with E-state index < -0.39 is 0 Å². The third kappa shape index (κ3) is 2.51. The average molecular weight is 298 g/mol. The fraction of sp³-hybridized carbons (Fsp3) is 0.700. The highest BCUT2D eigenvalue weighted by Gasteiger charge is 2.47. The van der Waals surface area contributed by atoms with Crippen LogP contribution in [0, 0.1) is 5.41 Å². The predicted octanol–water partition coefficient (Wildman–Crippen LogP) is 3.92. The molecule has 4 rings (SSSR count). The molecule has 0 radical (unpaired) electrons. The Balaban J connectivity index is 1.60. The fourth-order valence-electron chi connectivity index (χ4n) is 5.33. The van der Waals surface area contributed by atoms with Gasteiger partial charge in [-0.15, -0.1) is 0 Å². The summed E-state index contributed by atoms with van der Waals surface area (Å²) in [5.74, 6) is 0. The Labute approximate surface area is 135 Å². The van der Waals surface area contributed by atoms with Gasteiger partial charge in [-0.05, 0) is 88.5 Å². The molecule has 2 aliphatic heterocycles. The molecule has 1 aromatic carbocycles. The molecule has 0 unspecified atom stereocenters. The molecule has 1 N–H and O–H groups in total. The molecule has 0 aromatic heterocycles. The Morgan fingerprint density at radius 3 is 2.05 bits per heavy atom. The number of benzene rings is 1. The van der Waals surface area contributed by atoms with Crippen LogP contribution in [-0.2, 0) is 5.54 Å². The molecule has 2 heteroatoms. The molecule has 1 spiro atoms. The van der Waals surface area contributed by atoms with E-state index in [4.69, 9.17) is 0 Å². The predicted molar refractivity (Wildman–Crippen MR) is 91.9 cm³/mol. The van der Waals surface area contributed by atoms with Crippen molar-refractivity contribution in [2.45, 2.75) is 56.9 Å². The maximum Gasteiger partial charge on any atom is 0.0461 e. The number of rotatable bonds is 2. The summed E-state index contributed by atoms with van der Waals surface area (Å²) in [6, 6.07) is 11.4. The van der Waals surface area contributed by atoms with Gasteiger partial charge in [0.05, 0.1) is 0 Å². The van der Waals surface area contributed by atoms with Crippen LogP contribution in [0.25, 0.3) is 0 Å². The minimum Gasteiger partial charge on any atom is -0.317 e. The topological polar surface area (TPSA) is 15.3 Å². The molecule has 0 amide bonds. The number of hydrogen-bond acceptors (Lipinski definition) is 2. The van der Waals surface area contributed by atoms with E-state index in [0.29, 0.717) is 11.0 Å². The first-order valence-corrected chi connectivity index (χ1v) is 9.35. The Hall–Kier alpha value is -0.860. The van der Waals surface area contributed by atoms with Crippen molar-refractivity contribution in [2.24, 2.45) is 5.41 Å². The maximum absolute atomic E-state index is 3.55. The van der Waals surface area contributed by atoms with Gasteiger partial charge in [-0.25, -0.2) is 0 Å². The number of hydrogen-bond donors (Lipinski definition) is 1. The molecule has 0 atom stereocenters. The third-order valence-corrected chi connectivity index (χ3v) is 6.82. The second kappa shape index (κ2) is 5.98. The molecule has 22 heavy (non-hydrogen) atoms. The molecule has 2 heterocycles. The van der Waals surface area contributed by atoms with Gasteiger partial charge in [0.25, 0.3) is 0 Å². The van der Waals surface area contributed by atoms with Gasteiger partial charge in [0, 0.05) is 5.54 Å². The number of nitrogens with zero attached hydrogens (tertiary/aromatic N) is 1. The van der Waals surface area contributed by atoms with Crippen LogP contribution in [0.5, 0.6) is 0 Å². The van der Waals surface area contributed by atoms with Gasteiger partial charge in [0.2, 0.25) is 0 Å². The van der Waals surface area contributed by atoms with Crippen molar-refractivity contribution < 1.29 is 0 Å². The van der Waals surface area contributed by atoms with Crippen LogP contribution in [0.1, 0.15) is 56.9 Å². The van der Waals surface area contributed by atoms with Crippen molar-refractivity contribution in [1.29, 1.82) is 0 Å². The average Bonchev–Trinajstić information content (AvgIpc) is 3.13. The minimum absolute atomic E-state index is 0.341. The molecule has 120 valence electrons. The first kappa shape index (κ1) is 14.7. The van der Waals surface area contributed by atoms with E-state index >= 15 is 0 Å². The summed E-state index contributed by atoms with van der Waals surface area (Å²) in [6.07, 6.45) is 11.2. The van der Waals surface area contributed by atoms with Gasteiger partial charge >= 0.3 is 0 Å². The van der Waals surface area contributed by atoms with Gasteiger partial charge in [0.15, 0.2) is 0 Å². The van der Waals surface area contributed by atoms with Crippen LogP contribution in [-0.4, -0.2) is 31.1 Å². The highest BCUT2D eigenvalue weighted by Crippen LogP contribution is 2.52. The lowest BCUT2D eigenvalue weighted by Crippen LogP contribution is -2.50. The monoisotopic (exact) mass is 298 g/mol. The van der Waals surface area contributed by atoms with Gasteiger partial charge in [-0.3, -0.25) is 4.90 Å². The van der Waals surface area contributed by atoms with Crippen LogP contribution >= 0.6 is 0 Å². The molecule has 1 aromatic rings. The summed E-state index contributed by atoms with van der Waals surface area (Å²) in [4.78, 5) is 2.83. The van der Waals surface area contributed by atoms with Gasteiger partial charge in [-0.2, -0.15) is 0 Å². The standard InChI is InChI=1S/C20H30N2/c1-2-6-18(7-3-1)20(22-16-4-5-17-22)10-8-19(9-11-20)12-14-21-15-13-19/h1-3,6-7,21H,4-5,8-17H2. The van der Waals surface area contributed by atoms with Crippen LogP contribution in [0.3, 0.4) is 0 Å². The minimum atomic E-state index is 0.341. The molecule has 2 nitrogen and oxygen atoms in total. The zero-order valence-electron chi connectivity index (χ0n) is 13.8. The van der Waals surface area contributed by atoms with Crippen LogP contribution in [0.2, 0.25) is 0 Å². The Bertz CT molecular complexity index is 474. The van der Waals surface area contributed by atoms with E-state index in [1.165, 1.54) is 77.5 Å². The van der Waals surface area contributed by atoms with E-state index in [-0.39, 0.29) is 0 Å². The first-order valence-electron chi connectivity index (χ1n) is 9.35. The first-order chi connectivity index (χ1) is 10.8. The van der Waals surface area contributed by atoms with Gasteiger partial charge < -0.3 is 5.32 Å². The zero-order valence-corrected chi connectivity index (χ0v) is 13.8. The Morgan fingerprint density at radius 1 is 0.773 bits per heavy atom. The molecule has 3 fully saturated rings. The van der Waals surface area contributed by atoms with Crippen molar-refractivity contribution in [1.82, 2.24) is 10.2 Å². The lowest BCUT2D eigenvalue weighted by molar-refractivity contribution is 0.00437. The van der Waals surface area contributed by atoms with E-state index in [9.17, 15) is 0 Å². The highest BCUT2D eigenvalue weighted by molar-refractivity contribution is 5.26. The van der Waals surface area contributed by atoms with Crippen molar-refractivity contribution in [3.05, 3.63) is 35.9 Å². The molecular formula is C20H30N2. The lowest BCUT2D eigenvalue weighted by atomic mass is 9.61. The molecule has 1 saturated carbocycles. The second-order valence-electron chi connectivity index (χ2n) is 7.84. The SMILES string of the molecule is c1ccc(C2(N3CCCC3)CCC3(CCNCC3)CC2)cc1. The van der Waals surface area contributed by atoms with Crippen molar-refractivity contribution in [2.75, 3.05) is 26.2 Å². The lowest BCUT2D eigenvalue weighted by Gasteiger charge is -2.52. The highest BCUT2D eigenvalue weighted by atomic mass is 15.2. The summed E-state index contributed by atoms with van der Waals surface area (Å²) in [5, 5.41) is 3.55. The van der Waals surface area contributed by atoms with Crippen LogP contribution in [0.4, 0.5) is 0 Å². The third-order valence-electron chi connectivity index (χ3n) is 6.82. The van der Waals surface area contributed by atoms with E-state index in [0.717, 1.165) is 0 Å². The van der Waals surface area contributed by atoms with Gasteiger partial charge in [-0.1, -0.05) is 30.3 Å². The number of piperidine rings is 1. The molecule has 0 bridgehead atoms. The smallest absolute Gasteiger partial charge is 0.0461 e. The number of nitrogens with one attached hydrogen (secondary N) is 1. The van der Waals surface area contributed by atoms with Gasteiger partial charge in [0.1, 0.15) is 0 Å². The van der Waals surface area contributed by atoms with Crippen molar-refractivity contribution >= 4 is 0 Å². The van der Waals surface area contributed by atoms with E-state index in [2.05, 4.69) is 40.5 Å². The Kier molecular flexibility index (Phi) is 4.00. The fourth-order valence-corrected chi connectivity index (χ4v) is 5.33. The summed E-state index contributed by atoms with van der Waals surface area (Å²) >= 11 is 0. The van der Waals surface area contributed by atoms with E-state index in [1.807, 2.05) is 0 Å². The van der Waals surface area contributed by atoms with E-state index in [1.54, 1.807) is 5.56 Å². The Morgan fingerprint density at radius 2 is 1.41 bits per heavy atom.